The fourth-order valence-electron chi connectivity index (χ4n) is 2.13. The first-order valence-corrected chi connectivity index (χ1v) is 9.50. The highest BCUT2D eigenvalue weighted by Gasteiger charge is 2.22. The summed E-state index contributed by atoms with van der Waals surface area (Å²) in [6.07, 6.45) is 5.00. The molecule has 2 aromatic rings. The van der Waals surface area contributed by atoms with E-state index in [1.54, 1.807) is 0 Å². The Labute approximate surface area is 140 Å². The number of thioether (sulfide) groups is 1. The number of aromatic nitrogens is 1. The number of rotatable bonds is 5. The van der Waals surface area contributed by atoms with Crippen molar-refractivity contribution in [3.8, 4) is 0 Å². The maximum Gasteiger partial charge on any atom is 0.0481 e. The van der Waals surface area contributed by atoms with E-state index in [9.17, 15) is 0 Å². The van der Waals surface area contributed by atoms with Crippen LogP contribution in [0, 0.1) is 0 Å². The molecule has 0 aliphatic heterocycles. The van der Waals surface area contributed by atoms with Gasteiger partial charge in [0.15, 0.2) is 0 Å². The summed E-state index contributed by atoms with van der Waals surface area (Å²) < 4.78 is 2.35. The van der Waals surface area contributed by atoms with E-state index in [-0.39, 0.29) is 0 Å². The second-order valence-electron chi connectivity index (χ2n) is 5.35. The van der Waals surface area contributed by atoms with Gasteiger partial charge in [0, 0.05) is 40.3 Å². The maximum absolute atomic E-state index is 2.35. The summed E-state index contributed by atoms with van der Waals surface area (Å²) in [6, 6.07) is 9.12. The SMILES string of the molecule is CC.CC.CN(C)CCn1ccc2cc(SC3CC3)ccc21. The minimum Gasteiger partial charge on any atom is -0.346 e. The van der Waals surface area contributed by atoms with Gasteiger partial charge in [0.1, 0.15) is 0 Å². The van der Waals surface area contributed by atoms with Crippen molar-refractivity contribution in [3.63, 3.8) is 0 Å². The summed E-state index contributed by atoms with van der Waals surface area (Å²) in [5.74, 6) is 0. The van der Waals surface area contributed by atoms with Crippen molar-refractivity contribution in [2.24, 2.45) is 0 Å². The standard InChI is InChI=1S/C15H20N2S.2C2H6/c1-16(2)9-10-17-8-7-12-11-14(5-6-15(12)17)18-13-3-4-13;2*1-2/h5-8,11,13H,3-4,9-10H2,1-2H3;2*1-2H3. The van der Waals surface area contributed by atoms with Crippen LogP contribution < -0.4 is 0 Å². The molecule has 22 heavy (non-hydrogen) atoms. The number of nitrogens with zero attached hydrogens (tertiary/aromatic N) is 2. The van der Waals surface area contributed by atoms with Gasteiger partial charge in [-0.05, 0) is 51.2 Å². The molecule has 1 aliphatic rings. The van der Waals surface area contributed by atoms with Crippen molar-refractivity contribution in [1.29, 1.82) is 0 Å². The van der Waals surface area contributed by atoms with Crippen molar-refractivity contribution in [3.05, 3.63) is 30.5 Å². The van der Waals surface area contributed by atoms with E-state index in [2.05, 4.69) is 54.0 Å². The molecule has 3 heteroatoms. The van der Waals surface area contributed by atoms with Crippen LogP contribution in [0.4, 0.5) is 0 Å². The maximum atomic E-state index is 2.35. The zero-order chi connectivity index (χ0) is 16.5. The van der Waals surface area contributed by atoms with Gasteiger partial charge < -0.3 is 9.47 Å². The Morgan fingerprint density at radius 3 is 2.36 bits per heavy atom. The number of hydrogen-bond donors (Lipinski definition) is 0. The van der Waals surface area contributed by atoms with Crippen LogP contribution in [0.3, 0.4) is 0 Å². The van der Waals surface area contributed by atoms with E-state index in [4.69, 9.17) is 0 Å². The first kappa shape index (κ1) is 19.1. The fourth-order valence-corrected chi connectivity index (χ4v) is 3.23. The molecule has 3 rings (SSSR count). The topological polar surface area (TPSA) is 8.17 Å². The molecule has 0 N–H and O–H groups in total. The van der Waals surface area contributed by atoms with Crippen LogP contribution in [-0.2, 0) is 6.54 Å². The largest absolute Gasteiger partial charge is 0.346 e. The molecule has 0 atom stereocenters. The molecule has 1 fully saturated rings. The third-order valence-corrected chi connectivity index (χ3v) is 4.69. The van der Waals surface area contributed by atoms with E-state index in [0.717, 1.165) is 18.3 Å². The summed E-state index contributed by atoms with van der Waals surface area (Å²) in [5, 5.41) is 2.26. The summed E-state index contributed by atoms with van der Waals surface area (Å²) in [7, 11) is 4.24. The Morgan fingerprint density at radius 2 is 1.77 bits per heavy atom. The van der Waals surface area contributed by atoms with E-state index >= 15 is 0 Å². The molecule has 1 saturated carbocycles. The van der Waals surface area contributed by atoms with Crippen LogP contribution >= 0.6 is 11.8 Å². The molecular weight excluding hydrogens is 288 g/mol. The zero-order valence-electron chi connectivity index (χ0n) is 15.1. The minimum absolute atomic E-state index is 0.887. The average Bonchev–Trinajstić information content (AvgIpc) is 3.27. The molecule has 0 amide bonds. The monoisotopic (exact) mass is 320 g/mol. The molecule has 1 heterocycles. The second-order valence-corrected chi connectivity index (χ2v) is 6.72. The average molecular weight is 321 g/mol. The molecule has 124 valence electrons. The highest BCUT2D eigenvalue weighted by molar-refractivity contribution is 8.00. The van der Waals surface area contributed by atoms with Crippen LogP contribution in [0.5, 0.6) is 0 Å². The number of fused-ring (bicyclic) bond motifs is 1. The smallest absolute Gasteiger partial charge is 0.0481 e. The predicted molar refractivity (Wildman–Crippen MR) is 102 cm³/mol. The number of likely N-dealkylation sites (N-methyl/N-ethyl adjacent to an activating group) is 1. The highest BCUT2D eigenvalue weighted by atomic mass is 32.2. The van der Waals surface area contributed by atoms with Crippen LogP contribution in [0.15, 0.2) is 35.4 Å². The lowest BCUT2D eigenvalue weighted by Gasteiger charge is -2.11. The van der Waals surface area contributed by atoms with E-state index in [0.29, 0.717) is 0 Å². The molecule has 1 aliphatic carbocycles. The second kappa shape index (κ2) is 9.96. The molecule has 1 aromatic carbocycles. The highest BCUT2D eigenvalue weighted by Crippen LogP contribution is 2.39. The molecule has 0 spiro atoms. The van der Waals surface area contributed by atoms with Crippen LogP contribution in [-0.4, -0.2) is 35.4 Å². The van der Waals surface area contributed by atoms with Gasteiger partial charge in [-0.3, -0.25) is 0 Å². The van der Waals surface area contributed by atoms with Crippen molar-refractivity contribution in [2.45, 2.75) is 57.2 Å². The minimum atomic E-state index is 0.887. The van der Waals surface area contributed by atoms with Gasteiger partial charge in [0.05, 0.1) is 0 Å². The number of benzene rings is 1. The first-order chi connectivity index (χ1) is 10.7. The molecule has 0 bridgehead atoms. The Bertz CT molecular complexity index is 541. The van der Waals surface area contributed by atoms with E-state index in [1.807, 2.05) is 39.5 Å². The molecule has 0 radical (unpaired) electrons. The molecule has 2 nitrogen and oxygen atoms in total. The van der Waals surface area contributed by atoms with Crippen molar-refractivity contribution in [1.82, 2.24) is 9.47 Å². The van der Waals surface area contributed by atoms with Gasteiger partial charge in [0.2, 0.25) is 0 Å². The molecule has 0 unspecified atom stereocenters. The Hall–Kier alpha value is -0.930. The van der Waals surface area contributed by atoms with Crippen molar-refractivity contribution in [2.75, 3.05) is 20.6 Å². The molecule has 1 aromatic heterocycles. The Morgan fingerprint density at radius 1 is 1.09 bits per heavy atom. The lowest BCUT2D eigenvalue weighted by Crippen LogP contribution is -2.17. The Kier molecular flexibility index (Phi) is 8.66. The normalized spacial score (nSPS) is 13.4. The quantitative estimate of drug-likeness (QED) is 0.717. The van der Waals surface area contributed by atoms with Crippen LogP contribution in [0.1, 0.15) is 40.5 Å². The van der Waals surface area contributed by atoms with Gasteiger partial charge in [-0.25, -0.2) is 0 Å². The predicted octanol–water partition coefficient (Wildman–Crippen LogP) is 5.51. The van der Waals surface area contributed by atoms with Gasteiger partial charge >= 0.3 is 0 Å². The van der Waals surface area contributed by atoms with E-state index in [1.165, 1.54) is 28.6 Å². The van der Waals surface area contributed by atoms with Crippen LogP contribution in [0.2, 0.25) is 0 Å². The summed E-state index contributed by atoms with van der Waals surface area (Å²) in [6.45, 7) is 10.1. The van der Waals surface area contributed by atoms with Gasteiger partial charge in [-0.2, -0.15) is 0 Å². The zero-order valence-corrected chi connectivity index (χ0v) is 15.9. The van der Waals surface area contributed by atoms with E-state index < -0.39 is 0 Å². The van der Waals surface area contributed by atoms with Crippen LogP contribution in [0.25, 0.3) is 10.9 Å². The van der Waals surface area contributed by atoms with Crippen molar-refractivity contribution < 1.29 is 0 Å². The third kappa shape index (κ3) is 5.69. The van der Waals surface area contributed by atoms with Crippen molar-refractivity contribution >= 4 is 22.7 Å². The summed E-state index contributed by atoms with van der Waals surface area (Å²) >= 11 is 2.03. The summed E-state index contributed by atoms with van der Waals surface area (Å²) in [5.41, 5.74) is 1.36. The third-order valence-electron chi connectivity index (χ3n) is 3.36. The molecule has 0 saturated heterocycles. The van der Waals surface area contributed by atoms with Gasteiger partial charge in [0.25, 0.3) is 0 Å². The van der Waals surface area contributed by atoms with Gasteiger partial charge in [-0.15, -0.1) is 11.8 Å². The van der Waals surface area contributed by atoms with Gasteiger partial charge in [-0.1, -0.05) is 27.7 Å². The Balaban J connectivity index is 0.000000561. The number of hydrogen-bond acceptors (Lipinski definition) is 2. The first-order valence-electron chi connectivity index (χ1n) is 8.63. The lowest BCUT2D eigenvalue weighted by atomic mass is 10.2. The summed E-state index contributed by atoms with van der Waals surface area (Å²) in [4.78, 5) is 3.65. The fraction of sp³-hybridized carbons (Fsp3) is 0.579. The molecular formula is C19H32N2S. The lowest BCUT2D eigenvalue weighted by molar-refractivity contribution is 0.387.